The van der Waals surface area contributed by atoms with Crippen molar-refractivity contribution in [1.29, 1.82) is 5.26 Å². The van der Waals surface area contributed by atoms with Crippen LogP contribution in [0.2, 0.25) is 0 Å². The van der Waals surface area contributed by atoms with Crippen molar-refractivity contribution in [2.24, 2.45) is 0 Å². The molecule has 0 saturated carbocycles. The van der Waals surface area contributed by atoms with Gasteiger partial charge in [0.25, 0.3) is 0 Å². The van der Waals surface area contributed by atoms with E-state index in [1.807, 2.05) is 54.7 Å². The summed E-state index contributed by atoms with van der Waals surface area (Å²) < 4.78 is 16.9. The van der Waals surface area contributed by atoms with Gasteiger partial charge < -0.3 is 4.40 Å². The molecular weight excluding hydrogens is 1030 g/mol. The molecule has 0 unspecified atom stereocenters. The standard InChI is InChI=1S/C61H34N6O.Pt/c62-37-39-31-51-47-21-7-8-24-53(47)67-58-36-57-49(35-50(58)52(32-39)61(51)67)48-29-28-44(34-56(48)66(57)59-27-11-12-30-63-59)68-43-20-13-19-42(33-43)64-38-65(55-26-10-9-25-54(55)64)60-45(40-15-3-1-4-16-40)22-14-23-46(60)41-17-5-2-6-18-41;/h1-32,35-36H;/q-2;. The van der Waals surface area contributed by atoms with Crippen molar-refractivity contribution in [3.05, 3.63) is 228 Å². The molecule has 5 heterocycles. The van der Waals surface area contributed by atoms with Crippen molar-refractivity contribution >= 4 is 70.9 Å². The van der Waals surface area contributed by atoms with Gasteiger partial charge in [0.1, 0.15) is 0 Å². The molecule has 0 spiro atoms. The van der Waals surface area contributed by atoms with E-state index in [4.69, 9.17) is 9.72 Å². The molecule has 0 saturated heterocycles. The normalized spacial score (nSPS) is 11.8. The zero-order chi connectivity index (χ0) is 45.7. The van der Waals surface area contributed by atoms with E-state index in [0.29, 0.717) is 17.1 Å². The zero-order valence-corrected chi connectivity index (χ0v) is 38.8. The second-order valence-corrected chi connectivity index (χ2v) is 18.2. The molecule has 0 aliphatic heterocycles. The van der Waals surface area contributed by atoms with E-state index in [-0.39, 0.29) is 0 Å². The molecule has 0 aliphatic rings. The predicted molar refractivity (Wildman–Crippen MR) is 272 cm³/mol. The molecule has 5 aromatic heterocycles. The summed E-state index contributed by atoms with van der Waals surface area (Å²) in [7, 11) is 0. The Hall–Kier alpha value is -8.82. The SMILES string of the molecule is N#Cc1cc2c3ccccc3n3c4cc5c(cc4c(c1)c23)c1ccc(Oc2[c-]c(-n3[c](=[Pt])n(-c4c(-c6ccccc6)cccc4-c4ccccc4)c4ccccc43)ccc2)[c-]c1n5-c1ccccn1. The molecule has 0 bridgehead atoms. The van der Waals surface area contributed by atoms with Gasteiger partial charge in [0.2, 0.25) is 0 Å². The maximum atomic E-state index is 10.1. The van der Waals surface area contributed by atoms with Crippen molar-refractivity contribution in [2.45, 2.75) is 0 Å². The van der Waals surface area contributed by atoms with E-state index >= 15 is 0 Å². The van der Waals surface area contributed by atoms with Gasteiger partial charge in [0.05, 0.1) is 28.2 Å². The van der Waals surface area contributed by atoms with Gasteiger partial charge in [-0.15, -0.1) is 0 Å². The van der Waals surface area contributed by atoms with Crippen LogP contribution in [0.15, 0.2) is 206 Å². The van der Waals surface area contributed by atoms with Crippen molar-refractivity contribution in [1.82, 2.24) is 23.1 Å². The number of para-hydroxylation sites is 4. The number of ether oxygens (including phenoxy) is 1. The van der Waals surface area contributed by atoms with Gasteiger partial charge in [0.15, 0.2) is 0 Å². The molecule has 8 heteroatoms. The van der Waals surface area contributed by atoms with Crippen LogP contribution in [0.1, 0.15) is 5.56 Å². The molecule has 14 aromatic rings. The van der Waals surface area contributed by atoms with Gasteiger partial charge in [-0.2, -0.15) is 5.26 Å². The maximum absolute atomic E-state index is 10.1. The van der Waals surface area contributed by atoms with Gasteiger partial charge in [-0.25, -0.2) is 0 Å². The third-order valence-corrected chi connectivity index (χ3v) is 14.4. The Bertz CT molecular complexity index is 4430. The van der Waals surface area contributed by atoms with Gasteiger partial charge in [-0.05, 0) is 24.3 Å². The summed E-state index contributed by atoms with van der Waals surface area (Å²) in [6.07, 6.45) is 1.82. The van der Waals surface area contributed by atoms with E-state index in [1.165, 1.54) is 0 Å². The Balaban J connectivity index is 0.928. The first-order chi connectivity index (χ1) is 34.1. The minimum Gasteiger partial charge on any atom is -0.0570 e. The Kier molecular flexibility index (Phi) is 8.76. The van der Waals surface area contributed by atoms with Crippen LogP contribution in [0.4, 0.5) is 0 Å². The van der Waals surface area contributed by atoms with Crippen LogP contribution < -0.4 is 4.74 Å². The number of fused-ring (bicyclic) bond motifs is 10. The van der Waals surface area contributed by atoms with Crippen LogP contribution in [0.3, 0.4) is 0 Å². The summed E-state index contributed by atoms with van der Waals surface area (Å²) in [4.78, 5) is 4.86. The van der Waals surface area contributed by atoms with Gasteiger partial charge in [0, 0.05) is 27.7 Å². The monoisotopic (exact) mass is 1060 g/mol. The van der Waals surface area contributed by atoms with E-state index in [9.17, 15) is 5.26 Å². The summed E-state index contributed by atoms with van der Waals surface area (Å²) in [5, 5.41) is 16.6. The Morgan fingerprint density at radius 2 is 1.12 bits per heavy atom. The van der Waals surface area contributed by atoms with E-state index < -0.39 is 0 Å². The van der Waals surface area contributed by atoms with Crippen LogP contribution in [0.25, 0.3) is 110 Å². The molecule has 0 N–H and O–H groups in total. The Labute approximate surface area is 405 Å². The molecule has 7 nitrogen and oxygen atoms in total. The van der Waals surface area contributed by atoms with Gasteiger partial charge >= 0.3 is 294 Å². The number of rotatable bonds is 7. The van der Waals surface area contributed by atoms with E-state index in [2.05, 4.69) is 207 Å². The molecule has 326 valence electrons. The zero-order valence-electron chi connectivity index (χ0n) is 36.5. The number of benzene rings is 9. The summed E-state index contributed by atoms with van der Waals surface area (Å²) in [5.41, 5.74) is 14.4. The van der Waals surface area contributed by atoms with Gasteiger partial charge in [-0.3, -0.25) is 0 Å². The summed E-state index contributed by atoms with van der Waals surface area (Å²) in [6.45, 7) is 0. The third-order valence-electron chi connectivity index (χ3n) is 13.4. The number of aromatic nitrogens is 5. The Morgan fingerprint density at radius 3 is 1.84 bits per heavy atom. The summed E-state index contributed by atoms with van der Waals surface area (Å²) in [6, 6.07) is 79.2. The topological polar surface area (TPSA) is 65.1 Å². The third kappa shape index (κ3) is 5.96. The fourth-order valence-electron chi connectivity index (χ4n) is 10.5. The van der Waals surface area contributed by atoms with Crippen LogP contribution in [0.5, 0.6) is 11.5 Å². The molecular formula is C61H34N6OPt-2. The molecule has 0 atom stereocenters. The second-order valence-electron chi connectivity index (χ2n) is 17.2. The molecule has 0 fully saturated rings. The average molecular weight is 1060 g/mol. The number of hydrogen-bond donors (Lipinski definition) is 0. The van der Waals surface area contributed by atoms with Crippen LogP contribution in [0, 0.1) is 27.3 Å². The van der Waals surface area contributed by atoms with Crippen molar-refractivity contribution in [3.8, 4) is 57.0 Å². The number of pyridine rings is 1. The van der Waals surface area contributed by atoms with Crippen LogP contribution in [-0.2, 0) is 19.4 Å². The molecule has 0 amide bonds. The van der Waals surface area contributed by atoms with Crippen molar-refractivity contribution in [3.63, 3.8) is 0 Å². The van der Waals surface area contributed by atoms with Gasteiger partial charge in [-0.1, -0.05) is 24.3 Å². The minimum absolute atomic E-state index is 0.553. The van der Waals surface area contributed by atoms with E-state index in [0.717, 1.165) is 114 Å². The minimum atomic E-state index is 0.553. The first-order valence-electron chi connectivity index (χ1n) is 22.7. The first-order valence-corrected chi connectivity index (χ1v) is 23.8. The van der Waals surface area contributed by atoms with Crippen LogP contribution >= 0.6 is 0 Å². The molecule has 9 aromatic carbocycles. The summed E-state index contributed by atoms with van der Waals surface area (Å²) >= 11 is 2.47. The van der Waals surface area contributed by atoms with Crippen molar-refractivity contribution in [2.75, 3.05) is 0 Å². The number of nitriles is 1. The molecule has 69 heavy (non-hydrogen) atoms. The number of nitrogens with zero attached hydrogens (tertiary/aromatic N) is 6. The van der Waals surface area contributed by atoms with Crippen molar-refractivity contribution < 1.29 is 24.1 Å². The average Bonchev–Trinajstić information content (AvgIpc) is 4.11. The molecule has 0 radical (unpaired) electrons. The molecule has 0 aliphatic carbocycles. The number of hydrogen-bond acceptors (Lipinski definition) is 3. The fourth-order valence-corrected chi connectivity index (χ4v) is 11.6. The van der Waals surface area contributed by atoms with Crippen LogP contribution in [-0.4, -0.2) is 23.1 Å². The summed E-state index contributed by atoms with van der Waals surface area (Å²) in [5.74, 6) is 1.89. The second kappa shape index (κ2) is 15.4. The fraction of sp³-hybridized carbons (Fsp3) is 0. The smallest absolute Gasteiger partial charge is 0.0570 e. The molecule has 14 rings (SSSR count). The number of imidazole rings is 1. The quantitative estimate of drug-likeness (QED) is 0.149. The van der Waals surface area contributed by atoms with E-state index in [1.54, 1.807) is 0 Å². The predicted octanol–water partition coefficient (Wildman–Crippen LogP) is 14.7. The first kappa shape index (κ1) is 39.4. The Morgan fingerprint density at radius 1 is 0.478 bits per heavy atom.